The van der Waals surface area contributed by atoms with Crippen molar-refractivity contribution in [3.63, 3.8) is 0 Å². The average molecular weight is 392 g/mol. The van der Waals surface area contributed by atoms with Gasteiger partial charge in [0.25, 0.3) is 5.91 Å². The van der Waals surface area contributed by atoms with Gasteiger partial charge in [-0.1, -0.05) is 49.4 Å². The quantitative estimate of drug-likeness (QED) is 0.461. The van der Waals surface area contributed by atoms with E-state index in [9.17, 15) is 9.59 Å². The van der Waals surface area contributed by atoms with Crippen LogP contribution in [0.25, 0.3) is 17.2 Å². The summed E-state index contributed by atoms with van der Waals surface area (Å²) < 4.78 is 10.7. The fraction of sp³-hybridized carbons (Fsp3) is 0.261. The molecule has 3 rings (SSSR count). The predicted octanol–water partition coefficient (Wildman–Crippen LogP) is 4.08. The van der Waals surface area contributed by atoms with E-state index in [1.165, 1.54) is 17.7 Å². The van der Waals surface area contributed by atoms with Gasteiger partial charge < -0.3 is 14.5 Å². The number of ether oxygens (including phenoxy) is 1. The number of hydrogen-bond donors (Lipinski definition) is 1. The SMILES string of the molecule is CC[C@@H](CNC(=O)[C@H](C)OC(=O)/C=C/c1nc2ccccc2o1)c1ccccc1. The third kappa shape index (κ3) is 5.54. The normalized spacial score (nSPS) is 13.3. The van der Waals surface area contributed by atoms with E-state index in [0.29, 0.717) is 23.5 Å². The molecule has 1 heterocycles. The molecule has 6 heteroatoms. The van der Waals surface area contributed by atoms with Crippen LogP contribution in [0.1, 0.15) is 37.6 Å². The van der Waals surface area contributed by atoms with Gasteiger partial charge in [-0.05, 0) is 31.0 Å². The Hall–Kier alpha value is -3.41. The molecule has 6 nitrogen and oxygen atoms in total. The Labute approximate surface area is 169 Å². The molecular formula is C23H24N2O4. The predicted molar refractivity (Wildman–Crippen MR) is 111 cm³/mol. The Kier molecular flexibility index (Phi) is 6.79. The molecule has 0 bridgehead atoms. The number of amides is 1. The number of carbonyl (C=O) groups excluding carboxylic acids is 2. The molecule has 0 aliphatic carbocycles. The minimum absolute atomic E-state index is 0.210. The zero-order valence-electron chi connectivity index (χ0n) is 16.5. The van der Waals surface area contributed by atoms with Gasteiger partial charge in [-0.25, -0.2) is 9.78 Å². The van der Waals surface area contributed by atoms with Crippen molar-refractivity contribution in [2.75, 3.05) is 6.54 Å². The smallest absolute Gasteiger partial charge is 0.331 e. The molecular weight excluding hydrogens is 368 g/mol. The molecule has 0 saturated heterocycles. The maximum atomic E-state index is 12.3. The Morgan fingerprint density at radius 1 is 1.14 bits per heavy atom. The number of nitrogens with one attached hydrogen (secondary N) is 1. The Morgan fingerprint density at radius 3 is 2.59 bits per heavy atom. The number of benzene rings is 2. The summed E-state index contributed by atoms with van der Waals surface area (Å²) in [6.07, 6.45) is 2.62. The lowest BCUT2D eigenvalue weighted by Gasteiger charge is -2.18. The summed E-state index contributed by atoms with van der Waals surface area (Å²) in [5.74, 6) is -0.455. The molecule has 150 valence electrons. The Balaban J connectivity index is 1.50. The lowest BCUT2D eigenvalue weighted by molar-refractivity contribution is -0.150. The van der Waals surface area contributed by atoms with Crippen molar-refractivity contribution >= 4 is 29.1 Å². The first-order valence-electron chi connectivity index (χ1n) is 9.63. The summed E-state index contributed by atoms with van der Waals surface area (Å²) in [4.78, 5) is 28.5. The van der Waals surface area contributed by atoms with Crippen molar-refractivity contribution < 1.29 is 18.7 Å². The molecule has 1 aromatic heterocycles. The second-order valence-corrected chi connectivity index (χ2v) is 6.69. The molecule has 0 spiro atoms. The van der Waals surface area contributed by atoms with Crippen molar-refractivity contribution in [2.24, 2.45) is 0 Å². The fourth-order valence-electron chi connectivity index (χ4n) is 2.96. The number of fused-ring (bicyclic) bond motifs is 1. The van der Waals surface area contributed by atoms with Crippen LogP contribution in [0.4, 0.5) is 0 Å². The highest BCUT2D eigenvalue weighted by molar-refractivity contribution is 5.90. The Morgan fingerprint density at radius 2 is 1.86 bits per heavy atom. The molecule has 3 aromatic rings. The highest BCUT2D eigenvalue weighted by Gasteiger charge is 2.18. The van der Waals surface area contributed by atoms with Crippen LogP contribution < -0.4 is 5.32 Å². The molecule has 0 aliphatic heterocycles. The first kappa shape index (κ1) is 20.3. The summed E-state index contributed by atoms with van der Waals surface area (Å²) in [6, 6.07) is 17.3. The highest BCUT2D eigenvalue weighted by Crippen LogP contribution is 2.18. The summed E-state index contributed by atoms with van der Waals surface area (Å²) in [7, 11) is 0. The molecule has 0 aliphatic rings. The van der Waals surface area contributed by atoms with Crippen LogP contribution in [-0.4, -0.2) is 29.5 Å². The van der Waals surface area contributed by atoms with E-state index in [1.54, 1.807) is 13.0 Å². The topological polar surface area (TPSA) is 81.4 Å². The van der Waals surface area contributed by atoms with Gasteiger partial charge in [0.05, 0.1) is 0 Å². The number of nitrogens with zero attached hydrogens (tertiary/aromatic N) is 1. The second kappa shape index (κ2) is 9.68. The first-order valence-corrected chi connectivity index (χ1v) is 9.63. The molecule has 29 heavy (non-hydrogen) atoms. The maximum absolute atomic E-state index is 12.3. The van der Waals surface area contributed by atoms with E-state index in [4.69, 9.17) is 9.15 Å². The monoisotopic (exact) mass is 392 g/mol. The molecule has 0 radical (unpaired) electrons. The number of aromatic nitrogens is 1. The number of rotatable bonds is 8. The number of carbonyl (C=O) groups is 2. The van der Waals surface area contributed by atoms with Gasteiger partial charge in [-0.3, -0.25) is 4.79 Å². The zero-order chi connectivity index (χ0) is 20.6. The summed E-state index contributed by atoms with van der Waals surface area (Å²) in [6.45, 7) is 4.11. The van der Waals surface area contributed by atoms with E-state index in [0.717, 1.165) is 6.42 Å². The molecule has 1 N–H and O–H groups in total. The largest absolute Gasteiger partial charge is 0.449 e. The van der Waals surface area contributed by atoms with Crippen LogP contribution in [-0.2, 0) is 14.3 Å². The number of oxazole rings is 1. The molecule has 2 atom stereocenters. The van der Waals surface area contributed by atoms with Gasteiger partial charge in [0.15, 0.2) is 11.7 Å². The lowest BCUT2D eigenvalue weighted by atomic mass is 9.96. The van der Waals surface area contributed by atoms with Crippen LogP contribution >= 0.6 is 0 Å². The van der Waals surface area contributed by atoms with Gasteiger partial charge in [0.1, 0.15) is 5.52 Å². The van der Waals surface area contributed by atoms with Gasteiger partial charge in [0, 0.05) is 24.6 Å². The first-order chi connectivity index (χ1) is 14.1. The molecule has 2 aromatic carbocycles. The number of para-hydroxylation sites is 2. The van der Waals surface area contributed by atoms with Gasteiger partial charge in [-0.15, -0.1) is 0 Å². The van der Waals surface area contributed by atoms with Gasteiger partial charge in [-0.2, -0.15) is 0 Å². The third-order valence-electron chi connectivity index (χ3n) is 4.62. The van der Waals surface area contributed by atoms with Crippen molar-refractivity contribution in [3.05, 3.63) is 72.1 Å². The summed E-state index contributed by atoms with van der Waals surface area (Å²) in [5.41, 5.74) is 2.51. The van der Waals surface area contributed by atoms with E-state index >= 15 is 0 Å². The summed E-state index contributed by atoms with van der Waals surface area (Å²) in [5, 5.41) is 2.86. The van der Waals surface area contributed by atoms with Crippen LogP contribution in [0.2, 0.25) is 0 Å². The van der Waals surface area contributed by atoms with E-state index < -0.39 is 12.1 Å². The standard InChI is InChI=1S/C23H24N2O4/c1-3-17(18-9-5-4-6-10-18)15-24-23(27)16(2)28-22(26)14-13-21-25-19-11-7-8-12-20(19)29-21/h4-14,16-17H,3,15H2,1-2H3,(H,24,27)/b14-13+/t16-,17-/m0/s1. The zero-order valence-corrected chi connectivity index (χ0v) is 16.5. The fourth-order valence-corrected chi connectivity index (χ4v) is 2.96. The average Bonchev–Trinajstić information content (AvgIpc) is 3.16. The lowest BCUT2D eigenvalue weighted by Crippen LogP contribution is -2.37. The molecule has 0 fully saturated rings. The molecule has 1 amide bonds. The summed E-state index contributed by atoms with van der Waals surface area (Å²) >= 11 is 0. The van der Waals surface area contributed by atoms with Crippen molar-refractivity contribution in [1.82, 2.24) is 10.3 Å². The van der Waals surface area contributed by atoms with Gasteiger partial charge in [0.2, 0.25) is 5.89 Å². The van der Waals surface area contributed by atoms with Crippen molar-refractivity contribution in [3.8, 4) is 0 Å². The van der Waals surface area contributed by atoms with Crippen molar-refractivity contribution in [2.45, 2.75) is 32.3 Å². The number of hydrogen-bond acceptors (Lipinski definition) is 5. The van der Waals surface area contributed by atoms with E-state index in [1.807, 2.05) is 48.5 Å². The van der Waals surface area contributed by atoms with Crippen LogP contribution in [0.3, 0.4) is 0 Å². The van der Waals surface area contributed by atoms with Crippen LogP contribution in [0.5, 0.6) is 0 Å². The maximum Gasteiger partial charge on any atom is 0.331 e. The Bertz CT molecular complexity index is 961. The minimum atomic E-state index is -0.899. The highest BCUT2D eigenvalue weighted by atomic mass is 16.5. The van der Waals surface area contributed by atoms with Gasteiger partial charge >= 0.3 is 5.97 Å². The second-order valence-electron chi connectivity index (χ2n) is 6.69. The molecule has 0 unspecified atom stereocenters. The molecule has 0 saturated carbocycles. The minimum Gasteiger partial charge on any atom is -0.449 e. The third-order valence-corrected chi connectivity index (χ3v) is 4.62. The van der Waals surface area contributed by atoms with Crippen LogP contribution in [0.15, 0.2) is 65.1 Å². The van der Waals surface area contributed by atoms with E-state index in [2.05, 4.69) is 17.2 Å². The van der Waals surface area contributed by atoms with Crippen LogP contribution in [0, 0.1) is 0 Å². The number of esters is 1. The van der Waals surface area contributed by atoms with E-state index in [-0.39, 0.29) is 11.8 Å². The van der Waals surface area contributed by atoms with Crippen molar-refractivity contribution in [1.29, 1.82) is 0 Å².